The second-order valence-corrected chi connectivity index (χ2v) is 4.93. The van der Waals surface area contributed by atoms with Gasteiger partial charge in [-0.05, 0) is 32.4 Å². The monoisotopic (exact) mass is 316 g/mol. The van der Waals surface area contributed by atoms with Crippen LogP contribution in [0.4, 0.5) is 0 Å². The predicted octanol–water partition coefficient (Wildman–Crippen LogP) is 2.13. The fourth-order valence-electron chi connectivity index (χ4n) is 1.65. The minimum absolute atomic E-state index is 0. The van der Waals surface area contributed by atoms with Crippen molar-refractivity contribution >= 4 is 18.3 Å². The zero-order valence-corrected chi connectivity index (χ0v) is 13.6. The third-order valence-electron chi connectivity index (χ3n) is 2.79. The average Bonchev–Trinajstić information content (AvgIpc) is 2.43. The number of nitrogens with two attached hydrogens (primary N) is 1. The summed E-state index contributed by atoms with van der Waals surface area (Å²) in [5, 5.41) is 2.84. The lowest BCUT2D eigenvalue weighted by molar-refractivity contribution is -0.121. The normalized spacial score (nSPS) is 12.8. The standard InChI is InChI=1S/C15H24N2O3.ClH/c1-11(16)7-8-15(18)17-10-12(2)20-14-6-4-5-13(9-14)19-3;/h4-6,9,11-12H,7-8,10,16H2,1-3H3,(H,17,18);1H. The predicted molar refractivity (Wildman–Crippen MR) is 86.2 cm³/mol. The van der Waals surface area contributed by atoms with E-state index in [9.17, 15) is 4.79 Å². The molecule has 1 aromatic rings. The van der Waals surface area contributed by atoms with Crippen LogP contribution >= 0.6 is 12.4 Å². The van der Waals surface area contributed by atoms with Crippen LogP contribution in [-0.2, 0) is 4.79 Å². The molecule has 1 amide bonds. The Labute approximate surface area is 132 Å². The summed E-state index contributed by atoms with van der Waals surface area (Å²) < 4.78 is 10.8. The lowest BCUT2D eigenvalue weighted by Gasteiger charge is -2.16. The van der Waals surface area contributed by atoms with Gasteiger partial charge >= 0.3 is 0 Å². The molecule has 2 unspecified atom stereocenters. The molecule has 0 spiro atoms. The van der Waals surface area contributed by atoms with Gasteiger partial charge in [0.25, 0.3) is 0 Å². The summed E-state index contributed by atoms with van der Waals surface area (Å²) in [7, 11) is 1.61. The van der Waals surface area contributed by atoms with Crippen LogP contribution in [0.5, 0.6) is 11.5 Å². The van der Waals surface area contributed by atoms with Crippen molar-refractivity contribution in [3.05, 3.63) is 24.3 Å². The van der Waals surface area contributed by atoms with Crippen molar-refractivity contribution in [3.63, 3.8) is 0 Å². The molecule has 0 aliphatic heterocycles. The van der Waals surface area contributed by atoms with Gasteiger partial charge < -0.3 is 20.5 Å². The molecule has 0 aliphatic rings. The Balaban J connectivity index is 0.00000400. The van der Waals surface area contributed by atoms with Gasteiger partial charge in [0.2, 0.25) is 5.91 Å². The van der Waals surface area contributed by atoms with Crippen LogP contribution < -0.4 is 20.5 Å². The molecule has 1 aromatic carbocycles. The zero-order valence-electron chi connectivity index (χ0n) is 12.8. The van der Waals surface area contributed by atoms with E-state index >= 15 is 0 Å². The van der Waals surface area contributed by atoms with Crippen LogP contribution in [0, 0.1) is 0 Å². The Morgan fingerprint density at radius 1 is 1.33 bits per heavy atom. The summed E-state index contributed by atoms with van der Waals surface area (Å²) in [6.45, 7) is 4.27. The number of hydrogen-bond donors (Lipinski definition) is 2. The lowest BCUT2D eigenvalue weighted by Crippen LogP contribution is -2.34. The Bertz CT molecular complexity index is 427. The van der Waals surface area contributed by atoms with Crippen LogP contribution in [0.15, 0.2) is 24.3 Å². The topological polar surface area (TPSA) is 73.6 Å². The number of carbonyl (C=O) groups is 1. The highest BCUT2D eigenvalue weighted by Crippen LogP contribution is 2.19. The number of amides is 1. The third kappa shape index (κ3) is 8.42. The molecule has 0 saturated carbocycles. The van der Waals surface area contributed by atoms with E-state index in [1.807, 2.05) is 38.1 Å². The molecular formula is C15H25ClN2O3. The molecule has 0 bridgehead atoms. The summed E-state index contributed by atoms with van der Waals surface area (Å²) in [5.74, 6) is 1.47. The number of halogens is 1. The van der Waals surface area contributed by atoms with Gasteiger partial charge in [-0.1, -0.05) is 6.07 Å². The molecule has 0 saturated heterocycles. The van der Waals surface area contributed by atoms with Crippen molar-refractivity contribution < 1.29 is 14.3 Å². The Morgan fingerprint density at radius 3 is 2.62 bits per heavy atom. The molecule has 5 nitrogen and oxygen atoms in total. The van der Waals surface area contributed by atoms with Gasteiger partial charge in [0.05, 0.1) is 13.7 Å². The molecule has 21 heavy (non-hydrogen) atoms. The molecule has 0 aromatic heterocycles. The first-order chi connectivity index (χ1) is 9.51. The fraction of sp³-hybridized carbons (Fsp3) is 0.533. The minimum atomic E-state index is -0.110. The Morgan fingerprint density at radius 2 is 2.00 bits per heavy atom. The summed E-state index contributed by atoms with van der Waals surface area (Å²) in [6, 6.07) is 7.44. The number of nitrogens with one attached hydrogen (secondary N) is 1. The smallest absolute Gasteiger partial charge is 0.220 e. The number of benzene rings is 1. The van der Waals surface area contributed by atoms with E-state index in [1.54, 1.807) is 7.11 Å². The van der Waals surface area contributed by atoms with Crippen molar-refractivity contribution in [1.82, 2.24) is 5.32 Å². The lowest BCUT2D eigenvalue weighted by atomic mass is 10.2. The molecule has 0 heterocycles. The van der Waals surface area contributed by atoms with Crippen molar-refractivity contribution in [3.8, 4) is 11.5 Å². The molecule has 1 rings (SSSR count). The van der Waals surface area contributed by atoms with Gasteiger partial charge in [0.1, 0.15) is 17.6 Å². The second-order valence-electron chi connectivity index (χ2n) is 4.93. The molecule has 0 aliphatic carbocycles. The van der Waals surface area contributed by atoms with Crippen LogP contribution in [0.1, 0.15) is 26.7 Å². The summed E-state index contributed by atoms with van der Waals surface area (Å²) in [4.78, 5) is 11.6. The minimum Gasteiger partial charge on any atom is -0.497 e. The quantitative estimate of drug-likeness (QED) is 0.770. The largest absolute Gasteiger partial charge is 0.497 e. The molecular weight excluding hydrogens is 292 g/mol. The first-order valence-corrected chi connectivity index (χ1v) is 6.84. The summed E-state index contributed by atoms with van der Waals surface area (Å²) in [5.41, 5.74) is 5.61. The molecule has 0 fully saturated rings. The van der Waals surface area contributed by atoms with Gasteiger partial charge in [-0.3, -0.25) is 4.79 Å². The van der Waals surface area contributed by atoms with Crippen LogP contribution in [0.2, 0.25) is 0 Å². The second kappa shape index (κ2) is 10.3. The van der Waals surface area contributed by atoms with Crippen molar-refractivity contribution in [2.45, 2.75) is 38.8 Å². The van der Waals surface area contributed by atoms with Crippen molar-refractivity contribution in [2.75, 3.05) is 13.7 Å². The molecule has 0 radical (unpaired) electrons. The first kappa shape index (κ1) is 19.5. The maximum atomic E-state index is 11.6. The van der Waals surface area contributed by atoms with Gasteiger partial charge in [0.15, 0.2) is 0 Å². The number of hydrogen-bond acceptors (Lipinski definition) is 4. The highest BCUT2D eigenvalue weighted by Gasteiger charge is 2.08. The zero-order chi connectivity index (χ0) is 15.0. The van der Waals surface area contributed by atoms with Crippen molar-refractivity contribution in [2.24, 2.45) is 5.73 Å². The van der Waals surface area contributed by atoms with E-state index in [2.05, 4.69) is 5.32 Å². The molecule has 120 valence electrons. The third-order valence-corrected chi connectivity index (χ3v) is 2.79. The fourth-order valence-corrected chi connectivity index (χ4v) is 1.65. The average molecular weight is 317 g/mol. The number of ether oxygens (including phenoxy) is 2. The van der Waals surface area contributed by atoms with Crippen LogP contribution in [-0.4, -0.2) is 31.7 Å². The van der Waals surface area contributed by atoms with Crippen LogP contribution in [0.25, 0.3) is 0 Å². The van der Waals surface area contributed by atoms with E-state index in [4.69, 9.17) is 15.2 Å². The van der Waals surface area contributed by atoms with Gasteiger partial charge in [-0.2, -0.15) is 0 Å². The van der Waals surface area contributed by atoms with Gasteiger partial charge in [0, 0.05) is 18.5 Å². The maximum absolute atomic E-state index is 11.6. The summed E-state index contributed by atoms with van der Waals surface area (Å²) in [6.07, 6.45) is 1.03. The van der Waals surface area contributed by atoms with E-state index in [-0.39, 0.29) is 30.5 Å². The van der Waals surface area contributed by atoms with Crippen LogP contribution in [0.3, 0.4) is 0 Å². The molecule has 6 heteroatoms. The highest BCUT2D eigenvalue weighted by atomic mass is 35.5. The SMILES string of the molecule is COc1cccc(OC(C)CNC(=O)CCC(C)N)c1.Cl. The number of rotatable bonds is 8. The van der Waals surface area contributed by atoms with Gasteiger partial charge in [-0.15, -0.1) is 12.4 Å². The van der Waals surface area contributed by atoms with E-state index < -0.39 is 0 Å². The number of methoxy groups -OCH3 is 1. The highest BCUT2D eigenvalue weighted by molar-refractivity contribution is 5.85. The Hall–Kier alpha value is -1.46. The maximum Gasteiger partial charge on any atom is 0.220 e. The van der Waals surface area contributed by atoms with E-state index in [1.165, 1.54) is 0 Å². The van der Waals surface area contributed by atoms with Crippen molar-refractivity contribution in [1.29, 1.82) is 0 Å². The molecule has 3 N–H and O–H groups in total. The summed E-state index contributed by atoms with van der Waals surface area (Å²) >= 11 is 0. The van der Waals surface area contributed by atoms with E-state index in [0.29, 0.717) is 19.4 Å². The molecule has 2 atom stereocenters. The Kier molecular flexibility index (Phi) is 9.58. The van der Waals surface area contributed by atoms with E-state index in [0.717, 1.165) is 11.5 Å². The first-order valence-electron chi connectivity index (χ1n) is 6.84. The number of carbonyl (C=O) groups excluding carboxylic acids is 1. The van der Waals surface area contributed by atoms with Gasteiger partial charge in [-0.25, -0.2) is 0 Å².